The topological polar surface area (TPSA) is 72.8 Å². The van der Waals surface area contributed by atoms with Crippen molar-refractivity contribution in [1.82, 2.24) is 0 Å². The van der Waals surface area contributed by atoms with E-state index in [2.05, 4.69) is 0 Å². The lowest BCUT2D eigenvalue weighted by atomic mass is 9.81. The van der Waals surface area contributed by atoms with Crippen LogP contribution in [-0.2, 0) is 9.53 Å². The van der Waals surface area contributed by atoms with Crippen LogP contribution < -0.4 is 4.74 Å². The quantitative estimate of drug-likeness (QED) is 0.578. The molecule has 1 fully saturated rings. The summed E-state index contributed by atoms with van der Waals surface area (Å²) in [5.74, 6) is -0.804. The number of aromatic hydroxyl groups is 1. The second kappa shape index (κ2) is 7.68. The number of esters is 2. The average Bonchev–Trinajstić information content (AvgIpc) is 3.05. The zero-order valence-electron chi connectivity index (χ0n) is 16.4. The fourth-order valence-electron chi connectivity index (χ4n) is 3.02. The summed E-state index contributed by atoms with van der Waals surface area (Å²) in [5, 5.41) is 10.1. The number of carbonyl (C=O) groups excluding carboxylic acids is 2. The van der Waals surface area contributed by atoms with Crippen LogP contribution in [0, 0.1) is 11.3 Å². The Labute approximate surface area is 155 Å². The number of hydrogen-bond acceptors (Lipinski definition) is 5. The Morgan fingerprint density at radius 1 is 1.23 bits per heavy atom. The maximum absolute atomic E-state index is 12.6. The fourth-order valence-corrected chi connectivity index (χ4v) is 3.02. The first kappa shape index (κ1) is 20.3. The third kappa shape index (κ3) is 4.19. The molecule has 26 heavy (non-hydrogen) atoms. The summed E-state index contributed by atoms with van der Waals surface area (Å²) in [4.78, 5) is 25.0. The molecular formula is C21H30O5. The van der Waals surface area contributed by atoms with Crippen molar-refractivity contribution in [2.45, 2.75) is 72.3 Å². The lowest BCUT2D eigenvalue weighted by molar-refractivity contribution is -0.146. The van der Waals surface area contributed by atoms with Gasteiger partial charge in [-0.3, -0.25) is 4.79 Å². The van der Waals surface area contributed by atoms with Gasteiger partial charge in [-0.15, -0.1) is 0 Å². The van der Waals surface area contributed by atoms with Gasteiger partial charge >= 0.3 is 11.9 Å². The van der Waals surface area contributed by atoms with E-state index < -0.39 is 17.0 Å². The Morgan fingerprint density at radius 2 is 1.85 bits per heavy atom. The van der Waals surface area contributed by atoms with E-state index in [1.165, 1.54) is 18.2 Å². The summed E-state index contributed by atoms with van der Waals surface area (Å²) < 4.78 is 11.2. The molecule has 0 atom stereocenters. The van der Waals surface area contributed by atoms with Crippen LogP contribution in [0.2, 0.25) is 0 Å². The van der Waals surface area contributed by atoms with Gasteiger partial charge in [-0.1, -0.05) is 20.8 Å². The molecule has 2 rings (SSSR count). The molecule has 1 aliphatic carbocycles. The van der Waals surface area contributed by atoms with Crippen LogP contribution in [0.15, 0.2) is 18.2 Å². The molecule has 0 heterocycles. The Balaban J connectivity index is 2.19. The third-order valence-corrected chi connectivity index (χ3v) is 5.84. The van der Waals surface area contributed by atoms with E-state index in [1.54, 1.807) is 0 Å². The van der Waals surface area contributed by atoms with Crippen LogP contribution in [-0.4, -0.2) is 22.6 Å². The van der Waals surface area contributed by atoms with E-state index in [0.717, 1.165) is 32.1 Å². The van der Waals surface area contributed by atoms with Crippen molar-refractivity contribution in [2.75, 3.05) is 0 Å². The van der Waals surface area contributed by atoms with Crippen molar-refractivity contribution in [3.8, 4) is 11.5 Å². The van der Waals surface area contributed by atoms with Crippen LogP contribution in [0.1, 0.15) is 77.1 Å². The highest BCUT2D eigenvalue weighted by Crippen LogP contribution is 2.38. The van der Waals surface area contributed by atoms with Crippen LogP contribution >= 0.6 is 0 Å². The summed E-state index contributed by atoms with van der Waals surface area (Å²) in [6.07, 6.45) is 4.50. The van der Waals surface area contributed by atoms with Gasteiger partial charge in [0.15, 0.2) is 0 Å². The monoisotopic (exact) mass is 362 g/mol. The van der Waals surface area contributed by atoms with Gasteiger partial charge in [-0.2, -0.15) is 0 Å². The van der Waals surface area contributed by atoms with Crippen molar-refractivity contribution in [3.63, 3.8) is 0 Å². The molecule has 1 aliphatic rings. The molecular weight excluding hydrogens is 332 g/mol. The smallest absolute Gasteiger partial charge is 0.342 e. The number of phenols is 1. The van der Waals surface area contributed by atoms with E-state index in [0.29, 0.717) is 0 Å². The molecule has 0 saturated heterocycles. The summed E-state index contributed by atoms with van der Waals surface area (Å²) in [5.41, 5.74) is -1.08. The summed E-state index contributed by atoms with van der Waals surface area (Å²) >= 11 is 0. The normalized spacial score (nSPS) is 16.5. The highest BCUT2D eigenvalue weighted by molar-refractivity contribution is 5.93. The molecule has 1 aromatic carbocycles. The first-order chi connectivity index (χ1) is 12.1. The number of hydrogen-bond donors (Lipinski definition) is 1. The largest absolute Gasteiger partial charge is 0.507 e. The summed E-state index contributed by atoms with van der Waals surface area (Å²) in [6.45, 7) is 9.55. The molecule has 0 bridgehead atoms. The Morgan fingerprint density at radius 3 is 2.38 bits per heavy atom. The summed E-state index contributed by atoms with van der Waals surface area (Å²) in [7, 11) is 0. The lowest BCUT2D eigenvalue weighted by Gasteiger charge is -2.28. The second-order valence-corrected chi connectivity index (χ2v) is 8.08. The minimum Gasteiger partial charge on any atom is -0.507 e. The van der Waals surface area contributed by atoms with E-state index in [-0.39, 0.29) is 28.9 Å². The molecule has 144 valence electrons. The van der Waals surface area contributed by atoms with Crippen LogP contribution in [0.5, 0.6) is 11.5 Å². The predicted molar refractivity (Wildman–Crippen MR) is 99.3 cm³/mol. The molecule has 1 aromatic rings. The molecule has 5 heteroatoms. The van der Waals surface area contributed by atoms with Crippen molar-refractivity contribution < 1.29 is 24.2 Å². The Hall–Kier alpha value is -2.04. The zero-order chi connectivity index (χ0) is 19.5. The first-order valence-electron chi connectivity index (χ1n) is 9.40. The molecule has 0 spiro atoms. The van der Waals surface area contributed by atoms with Crippen molar-refractivity contribution in [1.29, 1.82) is 0 Å². The molecule has 1 saturated carbocycles. The first-order valence-corrected chi connectivity index (χ1v) is 9.40. The second-order valence-electron chi connectivity index (χ2n) is 8.08. The Bertz CT molecular complexity index is 669. The summed E-state index contributed by atoms with van der Waals surface area (Å²) in [6, 6.07) is 4.21. The zero-order valence-corrected chi connectivity index (χ0v) is 16.4. The van der Waals surface area contributed by atoms with Crippen molar-refractivity contribution in [2.24, 2.45) is 11.3 Å². The van der Waals surface area contributed by atoms with Crippen LogP contribution in [0.3, 0.4) is 0 Å². The van der Waals surface area contributed by atoms with Gasteiger partial charge < -0.3 is 14.6 Å². The molecule has 0 radical (unpaired) electrons. The SMILES string of the molecule is CCC1(OC(=O)c2cc(OC(=O)C(C)(C)C(C)C)ccc2O)CCCC1. The minimum atomic E-state index is -0.658. The molecule has 0 unspecified atom stereocenters. The number of carbonyl (C=O) groups is 2. The van der Waals surface area contributed by atoms with Crippen LogP contribution in [0.4, 0.5) is 0 Å². The van der Waals surface area contributed by atoms with E-state index in [4.69, 9.17) is 9.47 Å². The number of phenolic OH excluding ortho intramolecular Hbond substituents is 1. The molecule has 0 aromatic heterocycles. The average molecular weight is 362 g/mol. The third-order valence-electron chi connectivity index (χ3n) is 5.84. The van der Waals surface area contributed by atoms with Crippen molar-refractivity contribution in [3.05, 3.63) is 23.8 Å². The van der Waals surface area contributed by atoms with Crippen LogP contribution in [0.25, 0.3) is 0 Å². The standard InChI is InChI=1S/C21H30O5/c1-6-21(11-7-8-12-21)26-18(23)16-13-15(9-10-17(16)22)25-19(24)20(4,5)14(2)3/h9-10,13-14,22H,6-8,11-12H2,1-5H3. The van der Waals surface area contributed by atoms with Gasteiger partial charge in [0.05, 0.1) is 5.41 Å². The number of benzene rings is 1. The molecule has 0 amide bonds. The minimum absolute atomic E-state index is 0.0254. The lowest BCUT2D eigenvalue weighted by Crippen LogP contribution is -2.34. The van der Waals surface area contributed by atoms with E-state index >= 15 is 0 Å². The van der Waals surface area contributed by atoms with Gasteiger partial charge in [-0.25, -0.2) is 4.79 Å². The van der Waals surface area contributed by atoms with Gasteiger partial charge in [0.25, 0.3) is 0 Å². The predicted octanol–water partition coefficient (Wildman–Crippen LogP) is 4.86. The molecule has 1 N–H and O–H groups in total. The van der Waals surface area contributed by atoms with Gasteiger partial charge in [0.1, 0.15) is 22.7 Å². The highest BCUT2D eigenvalue weighted by Gasteiger charge is 2.37. The van der Waals surface area contributed by atoms with Gasteiger partial charge in [0.2, 0.25) is 0 Å². The number of rotatable bonds is 6. The van der Waals surface area contributed by atoms with Crippen molar-refractivity contribution >= 4 is 11.9 Å². The van der Waals surface area contributed by atoms with Gasteiger partial charge in [-0.05, 0) is 70.1 Å². The number of ether oxygens (including phenoxy) is 2. The Kier molecular flexibility index (Phi) is 5.99. The van der Waals surface area contributed by atoms with E-state index in [1.807, 2.05) is 34.6 Å². The maximum atomic E-state index is 12.6. The van der Waals surface area contributed by atoms with Gasteiger partial charge in [0, 0.05) is 0 Å². The maximum Gasteiger partial charge on any atom is 0.342 e. The molecule has 0 aliphatic heterocycles. The fraction of sp³-hybridized carbons (Fsp3) is 0.619. The highest BCUT2D eigenvalue weighted by atomic mass is 16.6. The van der Waals surface area contributed by atoms with E-state index in [9.17, 15) is 14.7 Å². The molecule has 5 nitrogen and oxygen atoms in total.